The van der Waals surface area contributed by atoms with Crippen molar-refractivity contribution in [3.05, 3.63) is 41.6 Å². The second kappa shape index (κ2) is 9.44. The lowest BCUT2D eigenvalue weighted by atomic mass is 10.1. The normalized spacial score (nSPS) is 21.1. The van der Waals surface area contributed by atoms with Crippen LogP contribution in [-0.4, -0.2) is 82.5 Å². The van der Waals surface area contributed by atoms with Crippen LogP contribution in [0, 0.1) is 11.7 Å². The number of rotatable bonds is 6. The van der Waals surface area contributed by atoms with Crippen molar-refractivity contribution in [2.75, 3.05) is 44.2 Å². The quantitative estimate of drug-likeness (QED) is 0.612. The number of fused-ring (bicyclic) bond motifs is 1. The molecule has 32 heavy (non-hydrogen) atoms. The number of carbonyl (C=O) groups excluding carboxylic acids is 3. The Hall–Kier alpha value is -2.68. The van der Waals surface area contributed by atoms with Crippen LogP contribution in [0.5, 0.6) is 0 Å². The van der Waals surface area contributed by atoms with E-state index in [0.717, 1.165) is 12.1 Å². The van der Waals surface area contributed by atoms with Crippen LogP contribution in [-0.2, 0) is 9.59 Å². The van der Waals surface area contributed by atoms with Gasteiger partial charge in [0.1, 0.15) is 11.5 Å². The maximum Gasteiger partial charge on any atom is 0.501 e. The number of halogens is 1. The minimum absolute atomic E-state index is 0.0719. The predicted octanol–water partition coefficient (Wildman–Crippen LogP) is 2.57. The Bertz CT molecular complexity index is 968. The van der Waals surface area contributed by atoms with Gasteiger partial charge in [-0.05, 0) is 48.1 Å². The average molecular weight is 460 g/mol. The number of urea groups is 1. The van der Waals surface area contributed by atoms with Crippen LogP contribution in [0.1, 0.15) is 20.3 Å². The van der Waals surface area contributed by atoms with Crippen molar-refractivity contribution >= 4 is 41.0 Å². The van der Waals surface area contributed by atoms with Gasteiger partial charge in [0.05, 0.1) is 6.54 Å². The fourth-order valence-corrected chi connectivity index (χ4v) is 5.07. The third-order valence-electron chi connectivity index (χ3n) is 6.03. The first-order valence-corrected chi connectivity index (χ1v) is 11.9. The number of hydrogen-bond donors (Lipinski definition) is 0. The van der Waals surface area contributed by atoms with Gasteiger partial charge in [0.2, 0.25) is 0 Å². The molecule has 1 unspecified atom stereocenters. The summed E-state index contributed by atoms with van der Waals surface area (Å²) in [5, 5.41) is 1.36. The Morgan fingerprint density at radius 1 is 1.16 bits per heavy atom. The van der Waals surface area contributed by atoms with Crippen molar-refractivity contribution < 1.29 is 23.3 Å². The highest BCUT2D eigenvalue weighted by Gasteiger charge is 2.49. The van der Waals surface area contributed by atoms with E-state index >= 15 is 0 Å². The first-order chi connectivity index (χ1) is 15.3. The van der Waals surface area contributed by atoms with Gasteiger partial charge in [0.15, 0.2) is 11.8 Å². The van der Waals surface area contributed by atoms with E-state index < -0.39 is 11.3 Å². The molecule has 4 amide bonds. The standard InChI is InChI=1S/C23H28FN4O3S/c1-16(2)7-9-27-22(30)21-19(8-14-32-21)28(23(27)31)15-20(29)26-12-10-25(11-13-26)18-5-3-17(24)4-6-18/h3-6,8,14,16,21H,7,9-13,15H2,1-2H3/q+1. The van der Waals surface area contributed by atoms with Gasteiger partial charge in [-0.2, -0.15) is 14.3 Å². The molecule has 0 spiro atoms. The molecule has 0 saturated carbocycles. The van der Waals surface area contributed by atoms with Crippen molar-refractivity contribution in [3.63, 3.8) is 0 Å². The highest BCUT2D eigenvalue weighted by Crippen LogP contribution is 2.28. The molecule has 0 radical (unpaired) electrons. The summed E-state index contributed by atoms with van der Waals surface area (Å²) >= 11 is 1.38. The molecule has 1 fully saturated rings. The monoisotopic (exact) mass is 459 g/mol. The van der Waals surface area contributed by atoms with E-state index in [-0.39, 0.29) is 24.2 Å². The summed E-state index contributed by atoms with van der Waals surface area (Å²) in [5.74, 6) is -0.239. The van der Waals surface area contributed by atoms with E-state index in [2.05, 4.69) is 18.7 Å². The zero-order valence-corrected chi connectivity index (χ0v) is 19.2. The van der Waals surface area contributed by atoms with Gasteiger partial charge in [-0.15, -0.1) is 11.8 Å². The second-order valence-electron chi connectivity index (χ2n) is 8.63. The Labute approximate surface area is 191 Å². The van der Waals surface area contributed by atoms with Crippen LogP contribution in [0.25, 0.3) is 0 Å². The highest BCUT2D eigenvalue weighted by atomic mass is 32.2. The van der Waals surface area contributed by atoms with Gasteiger partial charge in [-0.1, -0.05) is 13.8 Å². The third-order valence-corrected chi connectivity index (χ3v) is 7.04. The lowest BCUT2D eigenvalue weighted by Gasteiger charge is -2.36. The van der Waals surface area contributed by atoms with Crippen molar-refractivity contribution in [1.29, 1.82) is 0 Å². The lowest BCUT2D eigenvalue weighted by Crippen LogP contribution is -2.58. The fourth-order valence-electron chi connectivity index (χ4n) is 4.11. The summed E-state index contributed by atoms with van der Waals surface area (Å²) in [6.07, 6.45) is 2.50. The summed E-state index contributed by atoms with van der Waals surface area (Å²) in [7, 11) is 0. The summed E-state index contributed by atoms with van der Waals surface area (Å²) in [6.45, 7) is 6.72. The summed E-state index contributed by atoms with van der Waals surface area (Å²) in [4.78, 5) is 44.2. The number of carbonyl (C=O) groups is 3. The molecule has 4 rings (SSSR count). The van der Waals surface area contributed by atoms with Crippen LogP contribution in [0.3, 0.4) is 0 Å². The number of amides is 4. The molecule has 1 aromatic rings. The Morgan fingerprint density at radius 3 is 2.50 bits per heavy atom. The van der Waals surface area contributed by atoms with Crippen LogP contribution >= 0.6 is 11.8 Å². The van der Waals surface area contributed by atoms with Crippen LogP contribution in [0.2, 0.25) is 0 Å². The summed E-state index contributed by atoms with van der Waals surface area (Å²) in [6, 6.07) is 5.93. The zero-order chi connectivity index (χ0) is 22.8. The first-order valence-electron chi connectivity index (χ1n) is 10.9. The molecule has 0 bridgehead atoms. The molecule has 3 aliphatic rings. The minimum Gasteiger partial charge on any atom is -0.368 e. The highest BCUT2D eigenvalue weighted by molar-refractivity contribution is 8.04. The Morgan fingerprint density at radius 2 is 1.84 bits per heavy atom. The number of anilines is 1. The number of benzene rings is 1. The van der Waals surface area contributed by atoms with Gasteiger partial charge < -0.3 is 9.80 Å². The smallest absolute Gasteiger partial charge is 0.368 e. The van der Waals surface area contributed by atoms with Crippen LogP contribution in [0.4, 0.5) is 14.9 Å². The molecule has 1 aromatic carbocycles. The molecule has 3 heterocycles. The number of thioether (sulfide) groups is 1. The van der Waals surface area contributed by atoms with Crippen molar-refractivity contribution in [2.24, 2.45) is 5.92 Å². The largest absolute Gasteiger partial charge is 0.501 e. The number of nitrogens with zero attached hydrogens (tertiary/aromatic N) is 4. The molecule has 0 aliphatic carbocycles. The topological polar surface area (TPSA) is 63.9 Å². The van der Waals surface area contributed by atoms with Crippen molar-refractivity contribution in [1.82, 2.24) is 9.80 Å². The molecule has 170 valence electrons. The SMILES string of the molecule is CC(C)CCN1C(=O)C2SC=CC2=[N+](CC(=O)N2CCN(c3ccc(F)cc3)CC2)C1=O. The molecule has 9 heteroatoms. The van der Waals surface area contributed by atoms with Gasteiger partial charge >= 0.3 is 11.9 Å². The van der Waals surface area contributed by atoms with Gasteiger partial charge in [0.25, 0.3) is 5.91 Å². The van der Waals surface area contributed by atoms with E-state index in [0.29, 0.717) is 44.4 Å². The Balaban J connectivity index is 1.43. The number of hydrogen-bond acceptors (Lipinski definition) is 5. The van der Waals surface area contributed by atoms with E-state index in [9.17, 15) is 18.8 Å². The molecule has 1 saturated heterocycles. The molecule has 0 N–H and O–H groups in total. The molecule has 7 nitrogen and oxygen atoms in total. The average Bonchev–Trinajstić information content (AvgIpc) is 3.27. The van der Waals surface area contributed by atoms with Crippen LogP contribution < -0.4 is 4.90 Å². The third kappa shape index (κ3) is 4.57. The maximum atomic E-state index is 13.2. The van der Waals surface area contributed by atoms with Crippen molar-refractivity contribution in [3.8, 4) is 0 Å². The molecular weight excluding hydrogens is 431 g/mol. The van der Waals surface area contributed by atoms with Gasteiger partial charge in [-0.25, -0.2) is 9.18 Å². The number of allylic oxidation sites excluding steroid dienone is 1. The summed E-state index contributed by atoms with van der Waals surface area (Å²) in [5.41, 5.74) is 1.53. The summed E-state index contributed by atoms with van der Waals surface area (Å²) < 4.78 is 14.6. The minimum atomic E-state index is -0.456. The van der Waals surface area contributed by atoms with Crippen LogP contribution in [0.15, 0.2) is 35.7 Å². The van der Waals surface area contributed by atoms with E-state index in [1.54, 1.807) is 23.1 Å². The molecule has 3 aliphatic heterocycles. The van der Waals surface area contributed by atoms with E-state index in [1.165, 1.54) is 33.4 Å². The lowest BCUT2D eigenvalue weighted by molar-refractivity contribution is -0.428. The second-order valence-corrected chi connectivity index (χ2v) is 9.64. The molecule has 0 aromatic heterocycles. The zero-order valence-electron chi connectivity index (χ0n) is 18.4. The van der Waals surface area contributed by atoms with Gasteiger partial charge in [0, 0.05) is 31.9 Å². The molecular formula is C23H28FN4O3S+. The Kier molecular flexibility index (Phi) is 6.64. The van der Waals surface area contributed by atoms with E-state index in [4.69, 9.17) is 0 Å². The molecule has 1 atom stereocenters. The number of imide groups is 1. The fraction of sp³-hybridized carbons (Fsp3) is 0.478. The van der Waals surface area contributed by atoms with Crippen molar-refractivity contribution in [2.45, 2.75) is 25.5 Å². The maximum absolute atomic E-state index is 13.2. The van der Waals surface area contributed by atoms with E-state index in [1.807, 2.05) is 5.41 Å². The predicted molar refractivity (Wildman–Crippen MR) is 122 cm³/mol. The first kappa shape index (κ1) is 22.5. The van der Waals surface area contributed by atoms with Gasteiger partial charge in [-0.3, -0.25) is 4.79 Å². The number of piperazine rings is 1.